The molecule has 0 aromatic heterocycles. The van der Waals surface area contributed by atoms with Gasteiger partial charge < -0.3 is 9.80 Å². The molecule has 5 nitrogen and oxygen atoms in total. The van der Waals surface area contributed by atoms with Gasteiger partial charge in [0.05, 0.1) is 6.54 Å². The average Bonchev–Trinajstić information content (AvgIpc) is 2.98. The van der Waals surface area contributed by atoms with Gasteiger partial charge in [-0.15, -0.1) is 0 Å². The largest absolute Gasteiger partial charge is 0.397 e. The van der Waals surface area contributed by atoms with Gasteiger partial charge in [-0.2, -0.15) is 13.2 Å². The lowest BCUT2D eigenvalue weighted by atomic mass is 10.2. The SMILES string of the molecule is O=C(CC(F)(F)F)N1CCN(CC(=O)N2CCc3ccccc32)CC1. The van der Waals surface area contributed by atoms with Crippen LogP contribution in [0.5, 0.6) is 0 Å². The van der Waals surface area contributed by atoms with Crippen LogP contribution in [-0.4, -0.2) is 67.1 Å². The fraction of sp³-hybridized carbons (Fsp3) is 0.529. The fourth-order valence-electron chi connectivity index (χ4n) is 3.31. The lowest BCUT2D eigenvalue weighted by molar-refractivity contribution is -0.162. The Morgan fingerprint density at radius 2 is 1.64 bits per heavy atom. The van der Waals surface area contributed by atoms with Crippen LogP contribution in [0, 0.1) is 0 Å². The van der Waals surface area contributed by atoms with E-state index in [1.165, 1.54) is 4.90 Å². The quantitative estimate of drug-likeness (QED) is 0.829. The maximum absolute atomic E-state index is 12.5. The maximum Gasteiger partial charge on any atom is 0.397 e. The van der Waals surface area contributed by atoms with E-state index in [0.717, 1.165) is 17.7 Å². The summed E-state index contributed by atoms with van der Waals surface area (Å²) < 4.78 is 36.9. The van der Waals surface area contributed by atoms with E-state index in [9.17, 15) is 22.8 Å². The van der Waals surface area contributed by atoms with E-state index in [-0.39, 0.29) is 25.5 Å². The zero-order valence-corrected chi connectivity index (χ0v) is 13.8. The summed E-state index contributed by atoms with van der Waals surface area (Å²) in [5.74, 6) is -0.910. The van der Waals surface area contributed by atoms with Crippen molar-refractivity contribution in [2.24, 2.45) is 0 Å². The number of piperazine rings is 1. The zero-order chi connectivity index (χ0) is 18.0. The smallest absolute Gasteiger partial charge is 0.340 e. The van der Waals surface area contributed by atoms with Crippen LogP contribution in [0.1, 0.15) is 12.0 Å². The highest BCUT2D eigenvalue weighted by atomic mass is 19.4. The lowest BCUT2D eigenvalue weighted by Gasteiger charge is -2.35. The molecular weight excluding hydrogens is 335 g/mol. The van der Waals surface area contributed by atoms with E-state index < -0.39 is 18.5 Å². The van der Waals surface area contributed by atoms with Crippen molar-refractivity contribution in [3.05, 3.63) is 29.8 Å². The Morgan fingerprint density at radius 3 is 2.32 bits per heavy atom. The van der Waals surface area contributed by atoms with E-state index in [0.29, 0.717) is 19.6 Å². The van der Waals surface area contributed by atoms with Crippen molar-refractivity contribution in [3.8, 4) is 0 Å². The van der Waals surface area contributed by atoms with Crippen molar-refractivity contribution in [2.75, 3.05) is 44.2 Å². The second-order valence-electron chi connectivity index (χ2n) is 6.37. The van der Waals surface area contributed by atoms with Crippen molar-refractivity contribution in [3.63, 3.8) is 0 Å². The van der Waals surface area contributed by atoms with Crippen molar-refractivity contribution in [1.82, 2.24) is 9.80 Å². The minimum absolute atomic E-state index is 0.0139. The molecule has 0 atom stereocenters. The van der Waals surface area contributed by atoms with Crippen molar-refractivity contribution < 1.29 is 22.8 Å². The van der Waals surface area contributed by atoms with Crippen LogP contribution in [0.4, 0.5) is 18.9 Å². The molecule has 1 aromatic rings. The Morgan fingerprint density at radius 1 is 0.960 bits per heavy atom. The number of nitrogens with zero attached hydrogens (tertiary/aromatic N) is 3. The average molecular weight is 355 g/mol. The summed E-state index contributed by atoms with van der Waals surface area (Å²) in [4.78, 5) is 29.0. The van der Waals surface area contributed by atoms with E-state index in [1.807, 2.05) is 29.2 Å². The molecule has 1 fully saturated rings. The van der Waals surface area contributed by atoms with Gasteiger partial charge in [-0.3, -0.25) is 14.5 Å². The van der Waals surface area contributed by atoms with Crippen LogP contribution < -0.4 is 4.90 Å². The third kappa shape index (κ3) is 4.31. The van der Waals surface area contributed by atoms with Crippen LogP contribution in [0.2, 0.25) is 0 Å². The number of halogens is 3. The Hall–Kier alpha value is -2.09. The summed E-state index contributed by atoms with van der Waals surface area (Å²) in [6.07, 6.45) is -5.06. The normalized spacial score (nSPS) is 18.4. The molecular formula is C17H20F3N3O2. The molecule has 2 aliphatic heterocycles. The monoisotopic (exact) mass is 355 g/mol. The Kier molecular flexibility index (Phi) is 4.99. The van der Waals surface area contributed by atoms with Crippen molar-refractivity contribution >= 4 is 17.5 Å². The number of anilines is 1. The Balaban J connectivity index is 1.50. The number of hydrogen-bond donors (Lipinski definition) is 0. The molecule has 8 heteroatoms. The number of benzene rings is 1. The summed E-state index contributed by atoms with van der Waals surface area (Å²) in [6, 6.07) is 7.78. The second kappa shape index (κ2) is 7.03. The molecule has 0 unspecified atom stereocenters. The first-order chi connectivity index (χ1) is 11.8. The van der Waals surface area contributed by atoms with Gasteiger partial charge in [0.25, 0.3) is 0 Å². The van der Waals surface area contributed by atoms with Crippen LogP contribution in [0.25, 0.3) is 0 Å². The van der Waals surface area contributed by atoms with Crippen LogP contribution >= 0.6 is 0 Å². The molecule has 2 heterocycles. The van der Waals surface area contributed by atoms with Gasteiger partial charge in [-0.1, -0.05) is 18.2 Å². The number of carbonyl (C=O) groups excluding carboxylic acids is 2. The van der Waals surface area contributed by atoms with Gasteiger partial charge in [-0.05, 0) is 18.1 Å². The fourth-order valence-corrected chi connectivity index (χ4v) is 3.31. The predicted octanol–water partition coefficient (Wildman–Crippen LogP) is 1.67. The molecule has 2 aliphatic rings. The van der Waals surface area contributed by atoms with Crippen LogP contribution in [-0.2, 0) is 16.0 Å². The van der Waals surface area contributed by atoms with Gasteiger partial charge in [0.1, 0.15) is 6.42 Å². The summed E-state index contributed by atoms with van der Waals surface area (Å²) in [6.45, 7) is 2.13. The number of carbonyl (C=O) groups is 2. The number of alkyl halides is 3. The summed E-state index contributed by atoms with van der Waals surface area (Å²) in [5.41, 5.74) is 2.09. The number of rotatable bonds is 3. The van der Waals surface area contributed by atoms with Gasteiger partial charge >= 0.3 is 6.18 Å². The molecule has 1 saturated heterocycles. The number of fused-ring (bicyclic) bond motifs is 1. The van der Waals surface area contributed by atoms with E-state index in [2.05, 4.69) is 0 Å². The van der Waals surface area contributed by atoms with Crippen LogP contribution in [0.15, 0.2) is 24.3 Å². The van der Waals surface area contributed by atoms with Gasteiger partial charge in [0, 0.05) is 38.4 Å². The van der Waals surface area contributed by atoms with Gasteiger partial charge in [-0.25, -0.2) is 0 Å². The second-order valence-corrected chi connectivity index (χ2v) is 6.37. The Bertz CT molecular complexity index is 655. The summed E-state index contributed by atoms with van der Waals surface area (Å²) in [7, 11) is 0. The van der Waals surface area contributed by atoms with Gasteiger partial charge in [0.2, 0.25) is 11.8 Å². The number of amides is 2. The zero-order valence-electron chi connectivity index (χ0n) is 13.8. The molecule has 0 aliphatic carbocycles. The highest BCUT2D eigenvalue weighted by Gasteiger charge is 2.35. The van der Waals surface area contributed by atoms with Crippen molar-refractivity contribution in [1.29, 1.82) is 0 Å². The highest BCUT2D eigenvalue weighted by Crippen LogP contribution is 2.27. The molecule has 3 rings (SSSR count). The van der Waals surface area contributed by atoms with Gasteiger partial charge in [0.15, 0.2) is 0 Å². The van der Waals surface area contributed by atoms with Crippen LogP contribution in [0.3, 0.4) is 0 Å². The van der Waals surface area contributed by atoms with E-state index in [4.69, 9.17) is 0 Å². The minimum Gasteiger partial charge on any atom is -0.340 e. The minimum atomic E-state index is -4.48. The first kappa shape index (κ1) is 17.7. The summed E-state index contributed by atoms with van der Waals surface area (Å²) >= 11 is 0. The summed E-state index contributed by atoms with van der Waals surface area (Å²) in [5, 5.41) is 0. The molecule has 0 spiro atoms. The lowest BCUT2D eigenvalue weighted by Crippen LogP contribution is -2.52. The Labute approximate surface area is 144 Å². The predicted molar refractivity (Wildman–Crippen MR) is 86.2 cm³/mol. The van der Waals surface area contributed by atoms with E-state index in [1.54, 1.807) is 4.90 Å². The topological polar surface area (TPSA) is 43.9 Å². The third-order valence-corrected chi connectivity index (χ3v) is 4.62. The van der Waals surface area contributed by atoms with E-state index >= 15 is 0 Å². The molecule has 136 valence electrons. The number of para-hydroxylation sites is 1. The molecule has 25 heavy (non-hydrogen) atoms. The molecule has 0 N–H and O–H groups in total. The first-order valence-corrected chi connectivity index (χ1v) is 8.28. The highest BCUT2D eigenvalue weighted by molar-refractivity contribution is 5.96. The number of hydrogen-bond acceptors (Lipinski definition) is 3. The molecule has 1 aromatic carbocycles. The third-order valence-electron chi connectivity index (χ3n) is 4.62. The molecule has 0 saturated carbocycles. The molecule has 0 bridgehead atoms. The maximum atomic E-state index is 12.5. The molecule has 2 amide bonds. The standard InChI is InChI=1S/C17H20F3N3O2/c18-17(19,20)11-15(24)22-9-7-21(8-10-22)12-16(25)23-6-5-13-3-1-2-4-14(13)23/h1-4H,5-12H2. The molecule has 0 radical (unpaired) electrons. The van der Waals surface area contributed by atoms with Crippen molar-refractivity contribution in [2.45, 2.75) is 19.0 Å². The first-order valence-electron chi connectivity index (χ1n) is 8.28.